The van der Waals surface area contributed by atoms with Gasteiger partial charge in [-0.1, -0.05) is 12.8 Å². The lowest BCUT2D eigenvalue weighted by Crippen LogP contribution is -2.30. The van der Waals surface area contributed by atoms with Crippen LogP contribution in [0.2, 0.25) is 0 Å². The number of aromatic nitrogens is 4. The molecule has 3 aromatic heterocycles. The van der Waals surface area contributed by atoms with Crippen molar-refractivity contribution >= 4 is 11.5 Å². The number of alkyl halides is 1. The Morgan fingerprint density at radius 2 is 1.97 bits per heavy atom. The van der Waals surface area contributed by atoms with Gasteiger partial charge >= 0.3 is 0 Å². The molecular formula is C21H23F3N6O. The Kier molecular flexibility index (Phi) is 5.17. The Labute approximate surface area is 177 Å². The largest absolute Gasteiger partial charge is 0.495 e. The van der Waals surface area contributed by atoms with Crippen LogP contribution in [-0.2, 0) is 0 Å². The predicted molar refractivity (Wildman–Crippen MR) is 109 cm³/mol. The van der Waals surface area contributed by atoms with E-state index >= 15 is 0 Å². The molecule has 7 nitrogen and oxygen atoms in total. The summed E-state index contributed by atoms with van der Waals surface area (Å²) in [6.45, 7) is 0.507. The number of nitrogens with zero attached hydrogens (tertiary/aromatic N) is 4. The molecule has 164 valence electrons. The second-order valence-electron chi connectivity index (χ2n) is 8.07. The first-order valence-corrected chi connectivity index (χ1v) is 10.5. The van der Waals surface area contributed by atoms with Crippen LogP contribution in [-0.4, -0.2) is 52.0 Å². The first-order chi connectivity index (χ1) is 15.0. The van der Waals surface area contributed by atoms with Gasteiger partial charge in [-0.05, 0) is 12.8 Å². The van der Waals surface area contributed by atoms with Crippen LogP contribution < -0.4 is 15.4 Å². The Bertz CT molecular complexity index is 1110. The van der Waals surface area contributed by atoms with Gasteiger partial charge in [0.1, 0.15) is 29.0 Å². The second-order valence-corrected chi connectivity index (χ2v) is 8.07. The van der Waals surface area contributed by atoms with E-state index in [4.69, 9.17) is 9.84 Å². The Morgan fingerprint density at radius 3 is 2.68 bits per heavy atom. The van der Waals surface area contributed by atoms with Crippen molar-refractivity contribution in [2.45, 2.75) is 43.8 Å². The quantitative estimate of drug-likeness (QED) is 0.643. The summed E-state index contributed by atoms with van der Waals surface area (Å²) in [5.74, 6) is -1.02. The molecule has 2 aliphatic rings. The van der Waals surface area contributed by atoms with Gasteiger partial charge in [0.05, 0.1) is 19.3 Å². The number of nitrogens with one attached hydrogen (secondary N) is 2. The zero-order valence-corrected chi connectivity index (χ0v) is 17.0. The first kappa shape index (κ1) is 20.0. The van der Waals surface area contributed by atoms with Gasteiger partial charge in [0.2, 0.25) is 0 Å². The molecule has 0 aromatic carbocycles. The van der Waals surface area contributed by atoms with E-state index in [9.17, 15) is 13.2 Å². The number of rotatable bonds is 5. The molecule has 0 radical (unpaired) electrons. The van der Waals surface area contributed by atoms with Crippen molar-refractivity contribution in [1.29, 1.82) is 0 Å². The molecule has 2 atom stereocenters. The number of fused-ring (bicyclic) bond motifs is 1. The average Bonchev–Trinajstić information content (AvgIpc) is 3.51. The van der Waals surface area contributed by atoms with E-state index in [2.05, 4.69) is 20.6 Å². The lowest BCUT2D eigenvalue weighted by atomic mass is 10.0. The summed E-state index contributed by atoms with van der Waals surface area (Å²) in [5.41, 5.74) is 1.45. The standard InChI is InChI=1S/C21H23F3N6O/c1-31-17-7-18-26-10-16(30(18)29-19(17)11-4-2-3-5-11)20-12(22)6-13(23)21(28-20)27-15-9-25-8-14(15)24/h6-7,10-11,14-15,25H,2-5,8-9H2,1H3,(H,27,28)/t14-,15-/m1/s1. The van der Waals surface area contributed by atoms with Crippen molar-refractivity contribution in [3.63, 3.8) is 0 Å². The first-order valence-electron chi connectivity index (χ1n) is 10.5. The predicted octanol–water partition coefficient (Wildman–Crippen LogP) is 3.46. The van der Waals surface area contributed by atoms with Crippen molar-refractivity contribution in [2.75, 3.05) is 25.5 Å². The van der Waals surface area contributed by atoms with E-state index in [0.717, 1.165) is 37.4 Å². The van der Waals surface area contributed by atoms with Gasteiger partial charge in [-0.25, -0.2) is 27.7 Å². The molecule has 0 spiro atoms. The number of ether oxygens (including phenoxy) is 1. The van der Waals surface area contributed by atoms with Crippen LogP contribution in [0, 0.1) is 11.6 Å². The highest BCUT2D eigenvalue weighted by Gasteiger charge is 2.29. The van der Waals surface area contributed by atoms with Gasteiger partial charge in [0, 0.05) is 31.1 Å². The van der Waals surface area contributed by atoms with Crippen LogP contribution >= 0.6 is 0 Å². The Hall–Kier alpha value is -2.88. The third-order valence-electron chi connectivity index (χ3n) is 6.08. The molecule has 2 N–H and O–H groups in total. The monoisotopic (exact) mass is 432 g/mol. The summed E-state index contributed by atoms with van der Waals surface area (Å²) in [6.07, 6.45) is 4.53. The van der Waals surface area contributed by atoms with Crippen LogP contribution in [0.5, 0.6) is 5.75 Å². The van der Waals surface area contributed by atoms with Crippen LogP contribution in [0.25, 0.3) is 17.0 Å². The number of methoxy groups -OCH3 is 1. The van der Waals surface area contributed by atoms with Crippen molar-refractivity contribution in [3.8, 4) is 17.1 Å². The summed E-state index contributed by atoms with van der Waals surface area (Å²) in [7, 11) is 1.59. The highest BCUT2D eigenvalue weighted by Crippen LogP contribution is 2.38. The highest BCUT2D eigenvalue weighted by atomic mass is 19.1. The van der Waals surface area contributed by atoms with Gasteiger partial charge in [-0.15, -0.1) is 0 Å². The maximum Gasteiger partial charge on any atom is 0.168 e. The minimum absolute atomic E-state index is 0.104. The van der Waals surface area contributed by atoms with E-state index < -0.39 is 23.8 Å². The fourth-order valence-electron chi connectivity index (χ4n) is 4.43. The van der Waals surface area contributed by atoms with E-state index in [1.807, 2.05) is 0 Å². The summed E-state index contributed by atoms with van der Waals surface area (Å²) in [5, 5.41) is 10.3. The smallest absolute Gasteiger partial charge is 0.168 e. The van der Waals surface area contributed by atoms with E-state index in [0.29, 0.717) is 23.6 Å². The molecule has 1 aliphatic carbocycles. The van der Waals surface area contributed by atoms with Crippen LogP contribution in [0.4, 0.5) is 19.0 Å². The topological polar surface area (TPSA) is 76.4 Å². The summed E-state index contributed by atoms with van der Waals surface area (Å²) < 4.78 is 50.1. The number of halogens is 3. The minimum Gasteiger partial charge on any atom is -0.495 e. The van der Waals surface area contributed by atoms with Crippen molar-refractivity contribution in [3.05, 3.63) is 35.7 Å². The van der Waals surface area contributed by atoms with Gasteiger partial charge in [0.25, 0.3) is 0 Å². The van der Waals surface area contributed by atoms with Gasteiger partial charge in [-0.3, -0.25) is 0 Å². The summed E-state index contributed by atoms with van der Waals surface area (Å²) in [4.78, 5) is 8.45. The highest BCUT2D eigenvalue weighted by molar-refractivity contribution is 5.63. The Morgan fingerprint density at radius 1 is 1.16 bits per heavy atom. The molecule has 0 unspecified atom stereocenters. The van der Waals surface area contributed by atoms with Crippen molar-refractivity contribution < 1.29 is 17.9 Å². The third kappa shape index (κ3) is 3.58. The Balaban J connectivity index is 1.58. The molecule has 10 heteroatoms. The number of anilines is 1. The molecular weight excluding hydrogens is 409 g/mol. The maximum absolute atomic E-state index is 14.7. The number of hydrogen-bond donors (Lipinski definition) is 2. The molecule has 3 aromatic rings. The van der Waals surface area contributed by atoms with Crippen LogP contribution in [0.3, 0.4) is 0 Å². The average molecular weight is 432 g/mol. The zero-order chi connectivity index (χ0) is 21.5. The van der Waals surface area contributed by atoms with E-state index in [1.54, 1.807) is 13.2 Å². The minimum atomic E-state index is -1.19. The van der Waals surface area contributed by atoms with Gasteiger partial charge in [0.15, 0.2) is 23.1 Å². The second kappa shape index (κ2) is 7.99. The lowest BCUT2D eigenvalue weighted by molar-refractivity contribution is 0.341. The summed E-state index contributed by atoms with van der Waals surface area (Å²) >= 11 is 0. The SMILES string of the molecule is COc1cc2ncc(-c3nc(N[C@@H]4CNC[C@H]4F)c(F)cc3F)n2nc1C1CCCC1. The third-order valence-corrected chi connectivity index (χ3v) is 6.08. The van der Waals surface area contributed by atoms with Crippen molar-refractivity contribution in [1.82, 2.24) is 24.9 Å². The molecule has 31 heavy (non-hydrogen) atoms. The molecule has 2 fully saturated rings. The molecule has 0 amide bonds. The molecule has 1 saturated heterocycles. The van der Waals surface area contributed by atoms with E-state index in [-0.39, 0.29) is 24.0 Å². The number of imidazole rings is 1. The lowest BCUT2D eigenvalue weighted by Gasteiger charge is -2.16. The fraction of sp³-hybridized carbons (Fsp3) is 0.476. The van der Waals surface area contributed by atoms with Crippen LogP contribution in [0.1, 0.15) is 37.3 Å². The van der Waals surface area contributed by atoms with Gasteiger partial charge in [-0.2, -0.15) is 5.10 Å². The normalized spacial score (nSPS) is 21.8. The number of hydrogen-bond acceptors (Lipinski definition) is 6. The number of pyridine rings is 1. The maximum atomic E-state index is 14.7. The van der Waals surface area contributed by atoms with Gasteiger partial charge < -0.3 is 15.4 Å². The molecule has 5 rings (SSSR count). The zero-order valence-electron chi connectivity index (χ0n) is 17.0. The van der Waals surface area contributed by atoms with E-state index in [1.165, 1.54) is 10.7 Å². The van der Waals surface area contributed by atoms with Crippen LogP contribution in [0.15, 0.2) is 18.3 Å². The summed E-state index contributed by atoms with van der Waals surface area (Å²) in [6, 6.07) is 1.88. The molecule has 4 heterocycles. The molecule has 0 bridgehead atoms. The van der Waals surface area contributed by atoms with Crippen molar-refractivity contribution in [2.24, 2.45) is 0 Å². The molecule has 1 saturated carbocycles. The molecule has 1 aliphatic heterocycles. The fourth-order valence-corrected chi connectivity index (χ4v) is 4.43.